The Labute approximate surface area is 174 Å². The zero-order valence-corrected chi connectivity index (χ0v) is 16.7. The number of hydrogen-bond donors (Lipinski definition) is 3. The Morgan fingerprint density at radius 2 is 2.00 bits per heavy atom. The summed E-state index contributed by atoms with van der Waals surface area (Å²) in [6.45, 7) is 1.94. The van der Waals surface area contributed by atoms with E-state index in [2.05, 4.69) is 50.0 Å². The molecule has 2 aromatic heterocycles. The molecule has 3 heterocycles. The molecule has 30 heavy (non-hydrogen) atoms. The van der Waals surface area contributed by atoms with Crippen molar-refractivity contribution in [2.75, 3.05) is 18.5 Å². The van der Waals surface area contributed by atoms with Crippen molar-refractivity contribution in [2.24, 2.45) is 0 Å². The van der Waals surface area contributed by atoms with Crippen molar-refractivity contribution >= 4 is 5.95 Å². The molecule has 9 heteroatoms. The molecule has 2 aliphatic rings. The minimum atomic E-state index is -0.683. The molecule has 5 rings (SSSR count). The summed E-state index contributed by atoms with van der Waals surface area (Å²) in [6, 6.07) is 8.87. The summed E-state index contributed by atoms with van der Waals surface area (Å²) < 4.78 is 5.60. The first-order valence-electron chi connectivity index (χ1n) is 10.3. The molecule has 1 aliphatic heterocycles. The molecular weight excluding hydrogens is 382 g/mol. The van der Waals surface area contributed by atoms with Gasteiger partial charge in [0, 0.05) is 37.3 Å². The number of H-pyrrole nitrogens is 1. The third kappa shape index (κ3) is 4.18. The Morgan fingerprint density at radius 3 is 2.77 bits per heavy atom. The van der Waals surface area contributed by atoms with E-state index < -0.39 is 6.23 Å². The molecule has 1 atom stereocenters. The molecule has 0 fully saturated rings. The molecule has 0 amide bonds. The quantitative estimate of drug-likeness (QED) is 0.476. The monoisotopic (exact) mass is 407 g/mol. The first-order chi connectivity index (χ1) is 14.7. The Kier molecular flexibility index (Phi) is 5.39. The molecule has 0 bridgehead atoms. The number of anilines is 1. The van der Waals surface area contributed by atoms with Gasteiger partial charge in [-0.15, -0.1) is 0 Å². The third-order valence-corrected chi connectivity index (χ3v) is 5.72. The number of rotatable bonds is 8. The number of aliphatic hydroxyl groups is 1. The van der Waals surface area contributed by atoms with Gasteiger partial charge in [0.1, 0.15) is 6.23 Å². The van der Waals surface area contributed by atoms with Crippen molar-refractivity contribution in [1.82, 2.24) is 30.3 Å². The lowest BCUT2D eigenvalue weighted by molar-refractivity contribution is -0.0611. The average Bonchev–Trinajstić information content (AvgIpc) is 3.49. The zero-order chi connectivity index (χ0) is 20.3. The third-order valence-electron chi connectivity index (χ3n) is 5.72. The van der Waals surface area contributed by atoms with Gasteiger partial charge in [0.15, 0.2) is 0 Å². The Balaban J connectivity index is 1.12. The van der Waals surface area contributed by atoms with Crippen LogP contribution in [0.15, 0.2) is 36.7 Å². The highest BCUT2D eigenvalue weighted by molar-refractivity contribution is 5.39. The molecule has 3 N–H and O–H groups in total. The van der Waals surface area contributed by atoms with Gasteiger partial charge < -0.3 is 15.2 Å². The topological polar surface area (TPSA) is 112 Å². The second kappa shape index (κ2) is 8.47. The second-order valence-corrected chi connectivity index (χ2v) is 7.86. The van der Waals surface area contributed by atoms with Crippen molar-refractivity contribution in [1.29, 1.82) is 0 Å². The van der Waals surface area contributed by atoms with Gasteiger partial charge in [-0.1, -0.05) is 24.3 Å². The van der Waals surface area contributed by atoms with Gasteiger partial charge >= 0.3 is 0 Å². The summed E-state index contributed by atoms with van der Waals surface area (Å²) in [4.78, 5) is 11.2. The van der Waals surface area contributed by atoms with Crippen LogP contribution in [-0.4, -0.2) is 60.9 Å². The van der Waals surface area contributed by atoms with Crippen LogP contribution < -0.4 is 5.32 Å². The Hall–Kier alpha value is -2.88. The van der Waals surface area contributed by atoms with Gasteiger partial charge in [-0.25, -0.2) is 9.97 Å². The molecule has 0 radical (unpaired) electrons. The number of ether oxygens (including phenoxy) is 1. The van der Waals surface area contributed by atoms with Crippen molar-refractivity contribution in [3.05, 3.63) is 64.7 Å². The summed E-state index contributed by atoms with van der Waals surface area (Å²) in [5.74, 6) is 0.659. The summed E-state index contributed by atoms with van der Waals surface area (Å²) in [5.41, 5.74) is 5.66. The molecule has 9 nitrogen and oxygen atoms in total. The van der Waals surface area contributed by atoms with E-state index in [1.165, 1.54) is 11.1 Å². The van der Waals surface area contributed by atoms with Crippen molar-refractivity contribution in [3.8, 4) is 0 Å². The smallest absolute Gasteiger partial charge is 0.223 e. The lowest BCUT2D eigenvalue weighted by atomic mass is 10.1. The number of hydrogen-bond acceptors (Lipinski definition) is 8. The highest BCUT2D eigenvalue weighted by atomic mass is 16.5. The van der Waals surface area contributed by atoms with E-state index >= 15 is 0 Å². The summed E-state index contributed by atoms with van der Waals surface area (Å²) in [5, 5.41) is 24.3. The normalized spacial score (nSPS) is 17.1. The number of aromatic nitrogens is 5. The van der Waals surface area contributed by atoms with Crippen LogP contribution in [0.25, 0.3) is 0 Å². The van der Waals surface area contributed by atoms with E-state index in [1.54, 1.807) is 6.20 Å². The van der Waals surface area contributed by atoms with E-state index in [1.807, 2.05) is 11.1 Å². The summed E-state index contributed by atoms with van der Waals surface area (Å²) in [7, 11) is 0. The van der Waals surface area contributed by atoms with E-state index in [-0.39, 0.29) is 6.61 Å². The number of nitrogens with zero attached hydrogens (tertiary/aromatic N) is 5. The maximum Gasteiger partial charge on any atom is 0.223 e. The minimum absolute atomic E-state index is 0.241. The summed E-state index contributed by atoms with van der Waals surface area (Å²) in [6.07, 6.45) is 5.50. The van der Waals surface area contributed by atoms with Gasteiger partial charge in [-0.2, -0.15) is 15.4 Å². The maximum absolute atomic E-state index is 10.5. The van der Waals surface area contributed by atoms with Crippen molar-refractivity contribution < 1.29 is 9.84 Å². The van der Waals surface area contributed by atoms with E-state index in [4.69, 9.17) is 9.72 Å². The number of fused-ring (bicyclic) bond motifs is 2. The minimum Gasteiger partial charge on any atom is -0.377 e. The Morgan fingerprint density at radius 1 is 1.17 bits per heavy atom. The highest BCUT2D eigenvalue weighted by Crippen LogP contribution is 2.26. The molecule has 1 unspecified atom stereocenters. The van der Waals surface area contributed by atoms with Gasteiger partial charge in [0.25, 0.3) is 0 Å². The number of nitrogens with one attached hydrogen (secondary N) is 2. The van der Waals surface area contributed by atoms with E-state index in [0.717, 1.165) is 29.8 Å². The van der Waals surface area contributed by atoms with Crippen LogP contribution in [-0.2, 0) is 37.1 Å². The fourth-order valence-electron chi connectivity index (χ4n) is 4.12. The Bertz CT molecular complexity index is 970. The fourth-order valence-corrected chi connectivity index (χ4v) is 4.12. The van der Waals surface area contributed by atoms with Gasteiger partial charge in [0.2, 0.25) is 5.95 Å². The van der Waals surface area contributed by atoms with Gasteiger partial charge in [0.05, 0.1) is 30.8 Å². The zero-order valence-electron chi connectivity index (χ0n) is 16.7. The number of aliphatic hydroxyl groups excluding tert-OH is 1. The SMILES string of the molecule is OC(COCCc1cn[nH]n1)N1Cc2cnc(NC3Cc4ccccc4C3)nc2C1. The van der Waals surface area contributed by atoms with Crippen LogP contribution in [0, 0.1) is 0 Å². The standard InChI is InChI=1S/C21H25N7O2/c29-20(13-30-6-5-17-10-23-27-26-17)28-11-16-9-22-21(25-19(16)12-28)24-18-7-14-3-1-2-4-15(14)8-18/h1-4,9-10,18,20,29H,5-8,11-13H2,(H,22,24,25)(H,23,26,27). The van der Waals surface area contributed by atoms with Crippen LogP contribution in [0.3, 0.4) is 0 Å². The predicted molar refractivity (Wildman–Crippen MR) is 109 cm³/mol. The second-order valence-electron chi connectivity index (χ2n) is 7.86. The van der Waals surface area contributed by atoms with E-state index in [0.29, 0.717) is 38.1 Å². The molecule has 1 aromatic carbocycles. The lowest BCUT2D eigenvalue weighted by Crippen LogP contribution is -2.34. The van der Waals surface area contributed by atoms with E-state index in [9.17, 15) is 5.11 Å². The fraction of sp³-hybridized carbons (Fsp3) is 0.429. The first kappa shape index (κ1) is 19.1. The van der Waals surface area contributed by atoms with Crippen LogP contribution >= 0.6 is 0 Å². The number of benzene rings is 1. The number of aromatic amines is 1. The lowest BCUT2D eigenvalue weighted by Gasteiger charge is -2.21. The molecule has 0 saturated heterocycles. The van der Waals surface area contributed by atoms with Crippen LogP contribution in [0.1, 0.15) is 28.1 Å². The maximum atomic E-state index is 10.5. The molecule has 1 aliphatic carbocycles. The van der Waals surface area contributed by atoms with Gasteiger partial charge in [-0.3, -0.25) is 4.90 Å². The van der Waals surface area contributed by atoms with Crippen molar-refractivity contribution in [2.45, 2.75) is 44.6 Å². The van der Waals surface area contributed by atoms with Crippen LogP contribution in [0.5, 0.6) is 0 Å². The van der Waals surface area contributed by atoms with Crippen LogP contribution in [0.2, 0.25) is 0 Å². The largest absolute Gasteiger partial charge is 0.377 e. The predicted octanol–water partition coefficient (Wildman–Crippen LogP) is 1.07. The first-order valence-corrected chi connectivity index (χ1v) is 10.3. The molecule has 0 spiro atoms. The van der Waals surface area contributed by atoms with Crippen molar-refractivity contribution in [3.63, 3.8) is 0 Å². The molecule has 3 aromatic rings. The van der Waals surface area contributed by atoms with Gasteiger partial charge in [-0.05, 0) is 24.0 Å². The van der Waals surface area contributed by atoms with Crippen LogP contribution in [0.4, 0.5) is 5.95 Å². The molecular formula is C21H25N7O2. The summed E-state index contributed by atoms with van der Waals surface area (Å²) >= 11 is 0. The molecule has 0 saturated carbocycles. The average molecular weight is 407 g/mol. The molecule has 156 valence electrons. The highest BCUT2D eigenvalue weighted by Gasteiger charge is 2.27.